The van der Waals surface area contributed by atoms with Crippen LogP contribution in [0.25, 0.3) is 0 Å². The number of nitrogens with two attached hydrogens (primary N) is 1. The molecular weight excluding hydrogens is 272 g/mol. The standard InChI is InChI=1S/C14H16N4O3/c1-8-11(15)13(18(2)17-8)16-14(19)9-4-3-5-10-12(9)21-7-6-20-10/h3-5H,6-7,15H2,1-2H3,(H,16,19). The number of carbonyl (C=O) groups excluding carboxylic acids is 1. The number of anilines is 2. The van der Waals surface area contributed by atoms with Gasteiger partial charge >= 0.3 is 0 Å². The third-order valence-corrected chi connectivity index (χ3v) is 3.31. The minimum Gasteiger partial charge on any atom is -0.486 e. The lowest BCUT2D eigenvalue weighted by Crippen LogP contribution is -2.21. The fourth-order valence-corrected chi connectivity index (χ4v) is 2.25. The summed E-state index contributed by atoms with van der Waals surface area (Å²) in [7, 11) is 1.72. The van der Waals surface area contributed by atoms with E-state index in [1.54, 1.807) is 32.2 Å². The van der Waals surface area contributed by atoms with Gasteiger partial charge in [-0.2, -0.15) is 5.10 Å². The van der Waals surface area contributed by atoms with Crippen molar-refractivity contribution in [1.29, 1.82) is 0 Å². The number of hydrogen-bond acceptors (Lipinski definition) is 5. The molecule has 0 fully saturated rings. The second-order valence-corrected chi connectivity index (χ2v) is 4.76. The van der Waals surface area contributed by atoms with E-state index < -0.39 is 0 Å². The van der Waals surface area contributed by atoms with Crippen LogP contribution < -0.4 is 20.5 Å². The Bertz CT molecular complexity index is 708. The molecule has 1 aliphatic heterocycles. The smallest absolute Gasteiger partial charge is 0.260 e. The van der Waals surface area contributed by atoms with Crippen molar-refractivity contribution in [3.63, 3.8) is 0 Å². The lowest BCUT2D eigenvalue weighted by Gasteiger charge is -2.20. The number of nitrogens with zero attached hydrogens (tertiary/aromatic N) is 2. The summed E-state index contributed by atoms with van der Waals surface area (Å²) in [5, 5.41) is 6.93. The Hall–Kier alpha value is -2.70. The summed E-state index contributed by atoms with van der Waals surface area (Å²) in [6, 6.07) is 5.20. The zero-order chi connectivity index (χ0) is 15.0. The van der Waals surface area contributed by atoms with Gasteiger partial charge in [0.05, 0.1) is 16.9 Å². The lowest BCUT2D eigenvalue weighted by molar-refractivity contribution is 0.101. The van der Waals surface area contributed by atoms with Crippen LogP contribution in [0.1, 0.15) is 16.1 Å². The second-order valence-electron chi connectivity index (χ2n) is 4.76. The Morgan fingerprint density at radius 1 is 1.38 bits per heavy atom. The molecule has 0 atom stereocenters. The molecule has 0 spiro atoms. The first kappa shape index (κ1) is 13.3. The minimum absolute atomic E-state index is 0.313. The maximum atomic E-state index is 12.5. The molecule has 7 heteroatoms. The van der Waals surface area contributed by atoms with E-state index in [2.05, 4.69) is 10.4 Å². The third-order valence-electron chi connectivity index (χ3n) is 3.31. The molecule has 0 aliphatic carbocycles. The molecule has 3 rings (SSSR count). The molecule has 1 amide bonds. The van der Waals surface area contributed by atoms with Crippen molar-refractivity contribution >= 4 is 17.4 Å². The van der Waals surface area contributed by atoms with E-state index in [1.165, 1.54) is 4.68 Å². The Kier molecular flexibility index (Phi) is 3.17. The topological polar surface area (TPSA) is 91.4 Å². The van der Waals surface area contributed by atoms with Crippen LogP contribution >= 0.6 is 0 Å². The molecule has 21 heavy (non-hydrogen) atoms. The predicted octanol–water partition coefficient (Wildman–Crippen LogP) is 1.33. The Labute approximate surface area is 121 Å². The summed E-state index contributed by atoms with van der Waals surface area (Å²) in [6.45, 7) is 2.68. The Balaban J connectivity index is 1.93. The van der Waals surface area contributed by atoms with E-state index >= 15 is 0 Å². The number of benzene rings is 1. The van der Waals surface area contributed by atoms with Crippen molar-refractivity contribution in [3.05, 3.63) is 29.5 Å². The van der Waals surface area contributed by atoms with Crippen LogP contribution in [0.2, 0.25) is 0 Å². The fraction of sp³-hybridized carbons (Fsp3) is 0.286. The van der Waals surface area contributed by atoms with Crippen LogP contribution in [0.15, 0.2) is 18.2 Å². The highest BCUT2D eigenvalue weighted by Gasteiger charge is 2.22. The van der Waals surface area contributed by atoms with E-state index in [0.717, 1.165) is 0 Å². The average molecular weight is 288 g/mol. The highest BCUT2D eigenvalue weighted by atomic mass is 16.6. The van der Waals surface area contributed by atoms with Gasteiger partial charge in [-0.15, -0.1) is 0 Å². The van der Waals surface area contributed by atoms with Gasteiger partial charge in [-0.25, -0.2) is 0 Å². The molecule has 0 saturated carbocycles. The van der Waals surface area contributed by atoms with Gasteiger partial charge in [0.25, 0.3) is 5.91 Å². The fourth-order valence-electron chi connectivity index (χ4n) is 2.25. The van der Waals surface area contributed by atoms with Crippen LogP contribution in [0.4, 0.5) is 11.5 Å². The van der Waals surface area contributed by atoms with Crippen molar-refractivity contribution in [2.75, 3.05) is 24.3 Å². The molecule has 7 nitrogen and oxygen atoms in total. The van der Waals surface area contributed by atoms with E-state index in [0.29, 0.717) is 47.5 Å². The highest BCUT2D eigenvalue weighted by Crippen LogP contribution is 2.34. The maximum Gasteiger partial charge on any atom is 0.260 e. The number of para-hydroxylation sites is 1. The van der Waals surface area contributed by atoms with E-state index in [1.807, 2.05) is 0 Å². The van der Waals surface area contributed by atoms with Gasteiger partial charge in [0, 0.05) is 7.05 Å². The monoisotopic (exact) mass is 288 g/mol. The summed E-state index contributed by atoms with van der Waals surface area (Å²) in [5.74, 6) is 1.18. The molecule has 0 bridgehead atoms. The summed E-state index contributed by atoms with van der Waals surface area (Å²) in [4.78, 5) is 12.5. The highest BCUT2D eigenvalue weighted by molar-refractivity contribution is 6.07. The number of fused-ring (bicyclic) bond motifs is 1. The molecule has 1 aromatic heterocycles. The van der Waals surface area contributed by atoms with Gasteiger partial charge < -0.3 is 20.5 Å². The molecule has 3 N–H and O–H groups in total. The zero-order valence-electron chi connectivity index (χ0n) is 11.8. The van der Waals surface area contributed by atoms with Gasteiger partial charge in [-0.3, -0.25) is 9.48 Å². The normalized spacial score (nSPS) is 13.0. The van der Waals surface area contributed by atoms with Gasteiger partial charge in [0.15, 0.2) is 17.3 Å². The molecule has 0 unspecified atom stereocenters. The molecular formula is C14H16N4O3. The number of hydrogen-bond donors (Lipinski definition) is 2. The van der Waals surface area contributed by atoms with Crippen LogP contribution in [-0.2, 0) is 7.05 Å². The van der Waals surface area contributed by atoms with Crippen molar-refractivity contribution in [1.82, 2.24) is 9.78 Å². The van der Waals surface area contributed by atoms with Crippen molar-refractivity contribution in [2.24, 2.45) is 7.05 Å². The number of nitrogens with one attached hydrogen (secondary N) is 1. The van der Waals surface area contributed by atoms with Crippen LogP contribution in [0, 0.1) is 6.92 Å². The van der Waals surface area contributed by atoms with E-state index in [4.69, 9.17) is 15.2 Å². The van der Waals surface area contributed by atoms with Gasteiger partial charge in [-0.05, 0) is 19.1 Å². The largest absolute Gasteiger partial charge is 0.486 e. The molecule has 1 aliphatic rings. The van der Waals surface area contributed by atoms with Crippen molar-refractivity contribution < 1.29 is 14.3 Å². The molecule has 110 valence electrons. The molecule has 1 aromatic carbocycles. The van der Waals surface area contributed by atoms with Gasteiger partial charge in [0.2, 0.25) is 0 Å². The lowest BCUT2D eigenvalue weighted by atomic mass is 10.1. The van der Waals surface area contributed by atoms with Crippen molar-refractivity contribution in [3.8, 4) is 11.5 Å². The Morgan fingerprint density at radius 3 is 2.86 bits per heavy atom. The molecule has 2 heterocycles. The third kappa shape index (κ3) is 2.26. The predicted molar refractivity (Wildman–Crippen MR) is 77.7 cm³/mol. The number of aryl methyl sites for hydroxylation is 2. The molecule has 2 aromatic rings. The summed E-state index contributed by atoms with van der Waals surface area (Å²) in [5.41, 5.74) is 7.44. The number of ether oxygens (including phenoxy) is 2. The second kappa shape index (κ2) is 5.01. The SMILES string of the molecule is Cc1nn(C)c(NC(=O)c2cccc3c2OCCO3)c1N. The maximum absolute atomic E-state index is 12.5. The quantitative estimate of drug-likeness (QED) is 0.870. The van der Waals surface area contributed by atoms with Gasteiger partial charge in [0.1, 0.15) is 13.2 Å². The number of carbonyl (C=O) groups is 1. The first-order valence-corrected chi connectivity index (χ1v) is 6.57. The number of nitrogen functional groups attached to an aromatic ring is 1. The van der Waals surface area contributed by atoms with E-state index in [-0.39, 0.29) is 5.91 Å². The van der Waals surface area contributed by atoms with Crippen molar-refractivity contribution in [2.45, 2.75) is 6.92 Å². The summed E-state index contributed by atoms with van der Waals surface area (Å²) < 4.78 is 12.5. The van der Waals surface area contributed by atoms with E-state index in [9.17, 15) is 4.79 Å². The zero-order valence-corrected chi connectivity index (χ0v) is 11.8. The number of amides is 1. The average Bonchev–Trinajstić information content (AvgIpc) is 2.73. The Morgan fingerprint density at radius 2 is 2.14 bits per heavy atom. The van der Waals surface area contributed by atoms with Crippen LogP contribution in [0.3, 0.4) is 0 Å². The summed E-state index contributed by atoms with van der Waals surface area (Å²) in [6.07, 6.45) is 0. The number of rotatable bonds is 2. The molecule has 0 radical (unpaired) electrons. The van der Waals surface area contributed by atoms with Crippen LogP contribution in [0.5, 0.6) is 11.5 Å². The summed E-state index contributed by atoms with van der Waals surface area (Å²) >= 11 is 0. The van der Waals surface area contributed by atoms with Gasteiger partial charge in [-0.1, -0.05) is 6.07 Å². The first-order chi connectivity index (χ1) is 10.1. The number of aromatic nitrogens is 2. The van der Waals surface area contributed by atoms with Crippen LogP contribution in [-0.4, -0.2) is 28.9 Å². The molecule has 0 saturated heterocycles. The minimum atomic E-state index is -0.313. The first-order valence-electron chi connectivity index (χ1n) is 6.57.